The maximum atomic E-state index is 12.9. The Morgan fingerprint density at radius 2 is 1.73 bits per heavy atom. The Morgan fingerprint density at radius 3 is 2.43 bits per heavy atom. The van der Waals surface area contributed by atoms with E-state index in [0.717, 1.165) is 24.0 Å². The summed E-state index contributed by atoms with van der Waals surface area (Å²) in [4.78, 5) is 26.7. The molecule has 1 N–H and O–H groups in total. The molecule has 4 rings (SSSR count). The molecule has 8 heteroatoms. The summed E-state index contributed by atoms with van der Waals surface area (Å²) in [6.07, 6.45) is 2.47. The molecule has 30 heavy (non-hydrogen) atoms. The van der Waals surface area contributed by atoms with Gasteiger partial charge in [0.2, 0.25) is 21.8 Å². The lowest BCUT2D eigenvalue weighted by Gasteiger charge is -2.29. The number of nitrogens with zero attached hydrogens (tertiary/aromatic N) is 2. The van der Waals surface area contributed by atoms with E-state index in [1.165, 1.54) is 15.3 Å². The van der Waals surface area contributed by atoms with Gasteiger partial charge in [0.1, 0.15) is 6.54 Å². The van der Waals surface area contributed by atoms with Crippen LogP contribution in [0.25, 0.3) is 0 Å². The van der Waals surface area contributed by atoms with E-state index in [1.807, 2.05) is 31.2 Å². The van der Waals surface area contributed by atoms with Gasteiger partial charge in [-0.15, -0.1) is 0 Å². The number of carbonyl (C=O) groups excluding carboxylic acids is 2. The highest BCUT2D eigenvalue weighted by Crippen LogP contribution is 2.31. The van der Waals surface area contributed by atoms with Crippen LogP contribution in [-0.2, 0) is 26.0 Å². The quantitative estimate of drug-likeness (QED) is 0.795. The van der Waals surface area contributed by atoms with E-state index in [1.54, 1.807) is 12.1 Å². The van der Waals surface area contributed by atoms with Crippen LogP contribution in [0.1, 0.15) is 30.4 Å². The second kappa shape index (κ2) is 8.20. The van der Waals surface area contributed by atoms with Crippen LogP contribution in [0.3, 0.4) is 0 Å². The third kappa shape index (κ3) is 4.11. The number of carbonyl (C=O) groups is 2. The van der Waals surface area contributed by atoms with Crippen LogP contribution in [-0.4, -0.2) is 44.2 Å². The Bertz CT molecular complexity index is 1070. The van der Waals surface area contributed by atoms with E-state index < -0.39 is 10.0 Å². The normalized spacial score (nSPS) is 17.1. The lowest BCUT2D eigenvalue weighted by Crippen LogP contribution is -2.41. The first kappa shape index (κ1) is 20.6. The van der Waals surface area contributed by atoms with Crippen LogP contribution < -0.4 is 10.2 Å². The number of nitrogens with one attached hydrogen (secondary N) is 1. The van der Waals surface area contributed by atoms with Crippen molar-refractivity contribution < 1.29 is 18.0 Å². The molecule has 0 radical (unpaired) electrons. The molecule has 0 bridgehead atoms. The fourth-order valence-corrected chi connectivity index (χ4v) is 5.50. The number of amides is 2. The third-order valence-electron chi connectivity index (χ3n) is 5.59. The molecule has 2 heterocycles. The van der Waals surface area contributed by atoms with Crippen molar-refractivity contribution in [2.45, 2.75) is 37.5 Å². The Morgan fingerprint density at radius 1 is 1.03 bits per heavy atom. The predicted molar refractivity (Wildman–Crippen MR) is 115 cm³/mol. The smallest absolute Gasteiger partial charge is 0.244 e. The fraction of sp³-hybridized carbons (Fsp3) is 0.364. The van der Waals surface area contributed by atoms with Gasteiger partial charge >= 0.3 is 0 Å². The van der Waals surface area contributed by atoms with Gasteiger partial charge in [0.05, 0.1) is 4.90 Å². The molecule has 2 aliphatic rings. The maximum absolute atomic E-state index is 12.9. The van der Waals surface area contributed by atoms with Crippen LogP contribution in [0.5, 0.6) is 0 Å². The van der Waals surface area contributed by atoms with Gasteiger partial charge in [-0.1, -0.05) is 17.7 Å². The van der Waals surface area contributed by atoms with E-state index >= 15 is 0 Å². The molecular weight excluding hydrogens is 402 g/mol. The van der Waals surface area contributed by atoms with Crippen LogP contribution in [0.15, 0.2) is 47.4 Å². The average molecular weight is 428 g/mol. The highest BCUT2D eigenvalue weighted by atomic mass is 32.2. The average Bonchev–Trinajstić information content (AvgIpc) is 3.27. The molecule has 2 aliphatic heterocycles. The molecule has 0 aliphatic carbocycles. The molecule has 1 fully saturated rings. The van der Waals surface area contributed by atoms with Gasteiger partial charge in [-0.3, -0.25) is 9.59 Å². The van der Waals surface area contributed by atoms with Gasteiger partial charge in [-0.25, -0.2) is 8.42 Å². The van der Waals surface area contributed by atoms with Crippen molar-refractivity contribution in [2.75, 3.05) is 29.9 Å². The second-order valence-corrected chi connectivity index (χ2v) is 9.73. The molecule has 158 valence electrons. The number of sulfonamides is 1. The number of hydrogen-bond donors (Lipinski definition) is 1. The molecule has 0 spiro atoms. The number of anilines is 2. The molecular formula is C22H25N3O4S. The summed E-state index contributed by atoms with van der Waals surface area (Å²) in [6.45, 7) is 2.94. The van der Waals surface area contributed by atoms with Crippen molar-refractivity contribution in [3.63, 3.8) is 0 Å². The Balaban J connectivity index is 1.54. The zero-order chi connectivity index (χ0) is 21.3. The minimum atomic E-state index is -3.52. The Labute approximate surface area is 176 Å². The number of benzene rings is 2. The fourth-order valence-electron chi connectivity index (χ4n) is 3.93. The molecule has 2 amide bonds. The lowest BCUT2D eigenvalue weighted by molar-refractivity contribution is -0.121. The summed E-state index contributed by atoms with van der Waals surface area (Å²) in [5, 5.41) is 2.81. The molecule has 0 saturated carbocycles. The lowest BCUT2D eigenvalue weighted by atomic mass is 10.0. The Hall–Kier alpha value is -2.71. The van der Waals surface area contributed by atoms with Gasteiger partial charge in [0.15, 0.2) is 0 Å². The topological polar surface area (TPSA) is 86.8 Å². The minimum Gasteiger partial charge on any atom is -0.325 e. The highest BCUT2D eigenvalue weighted by Gasteiger charge is 2.31. The first-order valence-corrected chi connectivity index (χ1v) is 11.6. The SMILES string of the molecule is Cc1ccc(NC(=O)CN2C(=O)CCc3cc(S(=O)(=O)N4CCCC4)ccc32)cc1. The largest absolute Gasteiger partial charge is 0.325 e. The van der Waals surface area contributed by atoms with Crippen molar-refractivity contribution in [3.05, 3.63) is 53.6 Å². The van der Waals surface area contributed by atoms with Gasteiger partial charge in [-0.2, -0.15) is 4.31 Å². The van der Waals surface area contributed by atoms with Crippen LogP contribution >= 0.6 is 0 Å². The van der Waals surface area contributed by atoms with E-state index in [0.29, 0.717) is 30.9 Å². The maximum Gasteiger partial charge on any atom is 0.244 e. The molecule has 2 aromatic rings. The van der Waals surface area contributed by atoms with Crippen LogP contribution in [0.4, 0.5) is 11.4 Å². The number of rotatable bonds is 5. The molecule has 7 nitrogen and oxygen atoms in total. The summed E-state index contributed by atoms with van der Waals surface area (Å²) < 4.78 is 27.2. The number of fused-ring (bicyclic) bond motifs is 1. The first-order valence-electron chi connectivity index (χ1n) is 10.1. The zero-order valence-corrected chi connectivity index (χ0v) is 17.7. The zero-order valence-electron chi connectivity index (χ0n) is 16.9. The minimum absolute atomic E-state index is 0.113. The van der Waals surface area contributed by atoms with Crippen molar-refractivity contribution in [2.24, 2.45) is 0 Å². The monoisotopic (exact) mass is 427 g/mol. The predicted octanol–water partition coefficient (Wildman–Crippen LogP) is 2.70. The third-order valence-corrected chi connectivity index (χ3v) is 7.49. The molecule has 1 saturated heterocycles. The Kier molecular flexibility index (Phi) is 5.62. The summed E-state index contributed by atoms with van der Waals surface area (Å²) in [7, 11) is -3.52. The van der Waals surface area contributed by atoms with Crippen LogP contribution in [0, 0.1) is 6.92 Å². The van der Waals surface area contributed by atoms with Crippen molar-refractivity contribution in [3.8, 4) is 0 Å². The van der Waals surface area contributed by atoms with E-state index in [2.05, 4.69) is 5.32 Å². The van der Waals surface area contributed by atoms with E-state index in [4.69, 9.17) is 0 Å². The summed E-state index contributed by atoms with van der Waals surface area (Å²) >= 11 is 0. The second-order valence-electron chi connectivity index (χ2n) is 7.80. The van der Waals surface area contributed by atoms with Crippen LogP contribution in [0.2, 0.25) is 0 Å². The van der Waals surface area contributed by atoms with Crippen molar-refractivity contribution in [1.82, 2.24) is 4.31 Å². The summed E-state index contributed by atoms with van der Waals surface area (Å²) in [5.74, 6) is -0.439. The van der Waals surface area contributed by atoms with Crippen molar-refractivity contribution in [1.29, 1.82) is 0 Å². The highest BCUT2D eigenvalue weighted by molar-refractivity contribution is 7.89. The summed E-state index contributed by atoms with van der Waals surface area (Å²) in [5.41, 5.74) is 3.14. The van der Waals surface area contributed by atoms with E-state index in [-0.39, 0.29) is 29.7 Å². The van der Waals surface area contributed by atoms with E-state index in [9.17, 15) is 18.0 Å². The summed E-state index contributed by atoms with van der Waals surface area (Å²) in [6, 6.07) is 12.3. The van der Waals surface area contributed by atoms with Crippen molar-refractivity contribution >= 4 is 33.2 Å². The van der Waals surface area contributed by atoms with Gasteiger partial charge in [0, 0.05) is 30.9 Å². The molecule has 2 aromatic carbocycles. The standard InChI is InChI=1S/C22H25N3O4S/c1-16-4-7-18(8-5-16)23-21(26)15-25-20-10-9-19(14-17(20)6-11-22(25)27)30(28,29)24-12-2-3-13-24/h4-5,7-10,14H,2-3,6,11-13,15H2,1H3,(H,23,26). The molecule has 0 aromatic heterocycles. The molecule has 0 unspecified atom stereocenters. The van der Waals surface area contributed by atoms with Gasteiger partial charge < -0.3 is 10.2 Å². The number of hydrogen-bond acceptors (Lipinski definition) is 4. The molecule has 0 atom stereocenters. The van der Waals surface area contributed by atoms with Gasteiger partial charge in [0.25, 0.3) is 0 Å². The first-order chi connectivity index (χ1) is 14.3. The van der Waals surface area contributed by atoms with Gasteiger partial charge in [-0.05, 0) is 62.1 Å². The number of aryl methyl sites for hydroxylation is 2.